The highest BCUT2D eigenvalue weighted by Gasteiger charge is 2.31. The Kier molecular flexibility index (Phi) is 7.77. The monoisotopic (exact) mass is 582 g/mol. The number of aliphatic hydroxyl groups excluding tert-OH is 1. The Morgan fingerprint density at radius 2 is 1.83 bits per heavy atom. The highest BCUT2D eigenvalue weighted by Crippen LogP contribution is 2.35. The lowest BCUT2D eigenvalue weighted by Gasteiger charge is -2.11. The van der Waals surface area contributed by atoms with E-state index in [1.54, 1.807) is 60.4 Å². The normalized spacial score (nSPS) is 12.2. The smallest absolute Gasteiger partial charge is 0.416 e. The molecule has 0 unspecified atom stereocenters. The summed E-state index contributed by atoms with van der Waals surface area (Å²) in [6.45, 7) is 1.95. The van der Waals surface area contributed by atoms with Gasteiger partial charge in [0.15, 0.2) is 5.76 Å². The van der Waals surface area contributed by atoms with Gasteiger partial charge in [-0.05, 0) is 67.6 Å². The van der Waals surface area contributed by atoms with Crippen molar-refractivity contribution < 1.29 is 27.5 Å². The van der Waals surface area contributed by atoms with Gasteiger partial charge in [-0.3, -0.25) is 9.36 Å². The van der Waals surface area contributed by atoms with Gasteiger partial charge in [0.2, 0.25) is 5.95 Å². The van der Waals surface area contributed by atoms with Crippen LogP contribution in [-0.4, -0.2) is 43.2 Å². The van der Waals surface area contributed by atoms with E-state index >= 15 is 0 Å². The third kappa shape index (κ3) is 6.56. The first kappa shape index (κ1) is 27.9. The van der Waals surface area contributed by atoms with Gasteiger partial charge in [-0.1, -0.05) is 11.6 Å². The Balaban J connectivity index is 1.30. The van der Waals surface area contributed by atoms with Crippen LogP contribution in [0.1, 0.15) is 23.0 Å². The number of anilines is 2. The van der Waals surface area contributed by atoms with Crippen LogP contribution in [0.3, 0.4) is 0 Å². The van der Waals surface area contributed by atoms with E-state index in [1.165, 1.54) is 18.2 Å². The zero-order chi connectivity index (χ0) is 29.1. The maximum absolute atomic E-state index is 13.2. The molecule has 0 saturated carbocycles. The van der Waals surface area contributed by atoms with Gasteiger partial charge in [0.25, 0.3) is 5.91 Å². The minimum absolute atomic E-state index is 0.0688. The number of carbonyl (C=O) groups is 1. The van der Waals surface area contributed by atoms with Gasteiger partial charge >= 0.3 is 6.18 Å². The predicted octanol–water partition coefficient (Wildman–Crippen LogP) is 6.31. The summed E-state index contributed by atoms with van der Waals surface area (Å²) in [7, 11) is 0. The van der Waals surface area contributed by atoms with Gasteiger partial charge in [0.05, 0.1) is 11.7 Å². The number of carbonyl (C=O) groups excluding carboxylic acids is 1. The summed E-state index contributed by atoms with van der Waals surface area (Å²) in [5.74, 6) is 0.920. The van der Waals surface area contributed by atoms with Gasteiger partial charge in [-0.25, -0.2) is 9.97 Å². The van der Waals surface area contributed by atoms with Crippen molar-refractivity contribution in [2.75, 3.05) is 17.2 Å². The molecule has 1 amide bonds. The van der Waals surface area contributed by atoms with E-state index in [9.17, 15) is 23.1 Å². The van der Waals surface area contributed by atoms with Gasteiger partial charge in [0, 0.05) is 47.0 Å². The van der Waals surface area contributed by atoms with Crippen LogP contribution >= 0.6 is 11.6 Å². The lowest BCUT2D eigenvalue weighted by atomic mass is 10.1. The number of aromatic nitrogens is 4. The summed E-state index contributed by atoms with van der Waals surface area (Å²) in [5, 5.41) is 15.0. The molecule has 0 radical (unpaired) electrons. The van der Waals surface area contributed by atoms with Crippen molar-refractivity contribution in [3.05, 3.63) is 95.6 Å². The third-order valence-corrected chi connectivity index (χ3v) is 6.04. The van der Waals surface area contributed by atoms with Crippen molar-refractivity contribution in [2.24, 2.45) is 0 Å². The second-order valence-electron chi connectivity index (χ2n) is 9.01. The van der Waals surface area contributed by atoms with E-state index in [2.05, 4.69) is 25.6 Å². The first-order valence-electron chi connectivity index (χ1n) is 12.3. The molecule has 210 valence electrons. The SMILES string of the molecule is C[C@H](O)CNc1nccc(-n2ccnc2-c2ccc(NC(=O)c3ccc(-c4cc(Cl)cc(C(F)(F)F)c4)o3)cc2)n1. The maximum Gasteiger partial charge on any atom is 0.416 e. The maximum atomic E-state index is 13.2. The highest BCUT2D eigenvalue weighted by atomic mass is 35.5. The standard InChI is InChI=1S/C28H22ClF3N6O3/c1-16(39)15-35-27-34-9-8-24(37-27)38-11-10-33-25(38)17-2-4-21(5-3-17)36-26(40)23-7-6-22(41-23)18-12-19(28(30,31)32)14-20(29)13-18/h2-14,16,39H,15H2,1H3,(H,36,40)(H,34,35,37)/t16-/m0/s1. The predicted molar refractivity (Wildman–Crippen MR) is 147 cm³/mol. The Labute approximate surface area is 236 Å². The molecule has 5 aromatic rings. The summed E-state index contributed by atoms with van der Waals surface area (Å²) in [4.78, 5) is 25.8. The molecule has 41 heavy (non-hydrogen) atoms. The Bertz CT molecular complexity index is 1680. The molecule has 3 heterocycles. The van der Waals surface area contributed by atoms with E-state index in [0.29, 0.717) is 29.8 Å². The summed E-state index contributed by atoms with van der Waals surface area (Å²) < 4.78 is 46.8. The van der Waals surface area contributed by atoms with Crippen molar-refractivity contribution >= 4 is 29.1 Å². The number of nitrogens with zero attached hydrogens (tertiary/aromatic N) is 4. The van der Waals surface area contributed by atoms with E-state index in [1.807, 2.05) is 0 Å². The molecule has 2 aromatic carbocycles. The van der Waals surface area contributed by atoms with Crippen molar-refractivity contribution in [1.82, 2.24) is 19.5 Å². The summed E-state index contributed by atoms with van der Waals surface area (Å²) in [6, 6.07) is 14.4. The molecular weight excluding hydrogens is 561 g/mol. The molecule has 0 bridgehead atoms. The quantitative estimate of drug-likeness (QED) is 0.196. The van der Waals surface area contributed by atoms with Crippen LogP contribution in [0.15, 0.2) is 83.7 Å². The number of hydrogen-bond acceptors (Lipinski definition) is 7. The molecule has 1 atom stereocenters. The Hall–Kier alpha value is -4.68. The van der Waals surface area contributed by atoms with Gasteiger partial charge in [-0.15, -0.1) is 0 Å². The number of aliphatic hydroxyl groups is 1. The molecule has 0 aliphatic carbocycles. The molecular formula is C28H22ClF3N6O3. The molecule has 3 N–H and O–H groups in total. The Morgan fingerprint density at radius 1 is 1.05 bits per heavy atom. The average molecular weight is 583 g/mol. The second-order valence-corrected chi connectivity index (χ2v) is 9.45. The zero-order valence-electron chi connectivity index (χ0n) is 21.4. The molecule has 0 aliphatic rings. The van der Waals surface area contributed by atoms with Gasteiger partial charge in [-0.2, -0.15) is 18.2 Å². The molecule has 0 aliphatic heterocycles. The molecule has 3 aromatic heterocycles. The minimum atomic E-state index is -4.58. The highest BCUT2D eigenvalue weighted by molar-refractivity contribution is 6.31. The minimum Gasteiger partial charge on any atom is -0.451 e. The van der Waals surface area contributed by atoms with Crippen LogP contribution in [0.25, 0.3) is 28.5 Å². The topological polar surface area (TPSA) is 118 Å². The first-order chi connectivity index (χ1) is 19.6. The van der Waals surface area contributed by atoms with Crippen LogP contribution < -0.4 is 10.6 Å². The number of alkyl halides is 3. The number of furan rings is 1. The van der Waals surface area contributed by atoms with Crippen molar-refractivity contribution in [3.8, 4) is 28.5 Å². The lowest BCUT2D eigenvalue weighted by Crippen LogP contribution is -2.17. The summed E-state index contributed by atoms with van der Waals surface area (Å²) in [5.41, 5.74) is 0.380. The first-order valence-corrected chi connectivity index (χ1v) is 12.6. The molecule has 0 fully saturated rings. The van der Waals surface area contributed by atoms with Crippen LogP contribution in [-0.2, 0) is 6.18 Å². The molecule has 0 spiro atoms. The average Bonchev–Trinajstić information content (AvgIpc) is 3.63. The number of amides is 1. The van der Waals surface area contributed by atoms with Gasteiger partial charge < -0.3 is 20.2 Å². The van der Waals surface area contributed by atoms with Crippen molar-refractivity contribution in [3.63, 3.8) is 0 Å². The second kappa shape index (κ2) is 11.4. The third-order valence-electron chi connectivity index (χ3n) is 5.82. The van der Waals surface area contributed by atoms with Crippen LogP contribution in [0, 0.1) is 0 Å². The Morgan fingerprint density at radius 3 is 2.56 bits per heavy atom. The number of halogens is 4. The van der Waals surface area contributed by atoms with E-state index in [4.69, 9.17) is 16.0 Å². The van der Waals surface area contributed by atoms with Crippen molar-refractivity contribution in [1.29, 1.82) is 0 Å². The number of nitrogens with one attached hydrogen (secondary N) is 2. The fraction of sp³-hybridized carbons (Fsp3) is 0.143. The molecule has 0 saturated heterocycles. The fourth-order valence-corrected chi connectivity index (χ4v) is 4.15. The van der Waals surface area contributed by atoms with Crippen molar-refractivity contribution in [2.45, 2.75) is 19.2 Å². The zero-order valence-corrected chi connectivity index (χ0v) is 22.1. The van der Waals surface area contributed by atoms with E-state index < -0.39 is 23.8 Å². The van der Waals surface area contributed by atoms with Gasteiger partial charge in [0.1, 0.15) is 17.4 Å². The van der Waals surface area contributed by atoms with Crippen LogP contribution in [0.5, 0.6) is 0 Å². The van der Waals surface area contributed by atoms with E-state index in [-0.39, 0.29) is 22.1 Å². The van der Waals surface area contributed by atoms with Crippen LogP contribution in [0.4, 0.5) is 24.8 Å². The number of benzene rings is 2. The van der Waals surface area contributed by atoms with E-state index in [0.717, 1.165) is 17.7 Å². The molecule has 13 heteroatoms. The fourth-order valence-electron chi connectivity index (χ4n) is 3.92. The number of imidazole rings is 1. The van der Waals surface area contributed by atoms with Crippen LogP contribution in [0.2, 0.25) is 5.02 Å². The largest absolute Gasteiger partial charge is 0.451 e. The molecule has 5 rings (SSSR count). The lowest BCUT2D eigenvalue weighted by molar-refractivity contribution is -0.137. The summed E-state index contributed by atoms with van der Waals surface area (Å²) >= 11 is 5.86. The number of hydrogen-bond donors (Lipinski definition) is 3. The molecule has 9 nitrogen and oxygen atoms in total. The summed E-state index contributed by atoms with van der Waals surface area (Å²) in [6.07, 6.45) is -0.171. The number of rotatable bonds is 8.